The fourth-order valence-electron chi connectivity index (χ4n) is 1.61. The van der Waals surface area contributed by atoms with Crippen molar-refractivity contribution in [3.63, 3.8) is 0 Å². The minimum Gasteiger partial charge on any atom is -0.462 e. The normalized spacial score (nSPS) is 10.0. The van der Waals surface area contributed by atoms with Gasteiger partial charge in [-0.2, -0.15) is 0 Å². The van der Waals surface area contributed by atoms with Crippen LogP contribution in [0.15, 0.2) is 40.8 Å². The highest BCUT2D eigenvalue weighted by Gasteiger charge is 2.08. The molecule has 0 aliphatic heterocycles. The van der Waals surface area contributed by atoms with Crippen LogP contribution in [0.4, 0.5) is 0 Å². The molecule has 2 heteroatoms. The van der Waals surface area contributed by atoms with Crippen molar-refractivity contribution in [1.29, 1.82) is 0 Å². The first-order valence-electron chi connectivity index (χ1n) is 5.06. The predicted octanol–water partition coefficient (Wildman–Crippen LogP) is 2.34. The summed E-state index contributed by atoms with van der Waals surface area (Å²) in [6.45, 7) is -0.158. The zero-order valence-corrected chi connectivity index (χ0v) is 8.81. The van der Waals surface area contributed by atoms with Crippen molar-refractivity contribution >= 4 is 0 Å². The van der Waals surface area contributed by atoms with E-state index in [-0.39, 0.29) is 6.61 Å². The fraction of sp³-hybridized carbons (Fsp3) is 0.143. The van der Waals surface area contributed by atoms with Crippen molar-refractivity contribution in [2.75, 3.05) is 0 Å². The van der Waals surface area contributed by atoms with Gasteiger partial charge in [0.05, 0.1) is 5.56 Å². The van der Waals surface area contributed by atoms with Gasteiger partial charge in [0.25, 0.3) is 0 Å². The fourth-order valence-corrected chi connectivity index (χ4v) is 1.61. The third-order valence-electron chi connectivity index (χ3n) is 2.38. The Balaban J connectivity index is 2.23. The second kappa shape index (κ2) is 4.69. The highest BCUT2D eigenvalue weighted by Crippen LogP contribution is 2.17. The molecule has 0 aliphatic carbocycles. The lowest BCUT2D eigenvalue weighted by molar-refractivity contribution is 0.243. The highest BCUT2D eigenvalue weighted by atomic mass is 16.4. The number of benzene rings is 1. The summed E-state index contributed by atoms with van der Waals surface area (Å²) >= 11 is 0. The van der Waals surface area contributed by atoms with Gasteiger partial charge in [-0.1, -0.05) is 36.3 Å². The molecule has 1 aromatic carbocycles. The Morgan fingerprint density at radius 3 is 2.56 bits per heavy atom. The quantitative estimate of drug-likeness (QED) is 0.792. The summed E-state index contributed by atoms with van der Waals surface area (Å²) in [6.07, 6.45) is 6.00. The van der Waals surface area contributed by atoms with Gasteiger partial charge < -0.3 is 9.52 Å². The van der Waals surface area contributed by atoms with Crippen LogP contribution in [0.5, 0.6) is 0 Å². The molecule has 80 valence electrons. The predicted molar refractivity (Wildman–Crippen MR) is 61.8 cm³/mol. The summed E-state index contributed by atoms with van der Waals surface area (Å²) in [7, 11) is 0. The molecule has 1 heterocycles. The summed E-state index contributed by atoms with van der Waals surface area (Å²) in [5.74, 6) is 3.75. The molecule has 0 bridgehead atoms. The summed E-state index contributed by atoms with van der Waals surface area (Å²) in [5, 5.41) is 9.04. The van der Waals surface area contributed by atoms with Gasteiger partial charge in [-0.25, -0.2) is 0 Å². The topological polar surface area (TPSA) is 33.4 Å². The maximum atomic E-state index is 9.04. The van der Waals surface area contributed by atoms with Crippen LogP contribution in [0.2, 0.25) is 0 Å². The van der Waals surface area contributed by atoms with Crippen molar-refractivity contribution < 1.29 is 9.52 Å². The van der Waals surface area contributed by atoms with Crippen LogP contribution >= 0.6 is 0 Å². The zero-order chi connectivity index (χ0) is 11.4. The van der Waals surface area contributed by atoms with Crippen molar-refractivity contribution in [3.8, 4) is 12.3 Å². The monoisotopic (exact) mass is 212 g/mol. The standard InChI is InChI=1S/C14H12O2/c1-2-12-9-13(16-14(12)10-15)8-11-6-4-3-5-7-11/h1,3-7,9,15H,8,10H2. The molecule has 0 atom stereocenters. The van der Waals surface area contributed by atoms with Gasteiger partial charge in [0.2, 0.25) is 0 Å². The van der Waals surface area contributed by atoms with E-state index in [1.165, 1.54) is 0 Å². The number of furan rings is 1. The number of hydrogen-bond acceptors (Lipinski definition) is 2. The minimum absolute atomic E-state index is 0.158. The molecule has 0 radical (unpaired) electrons. The summed E-state index contributed by atoms with van der Waals surface area (Å²) < 4.78 is 5.47. The Kier molecular flexibility index (Phi) is 3.09. The van der Waals surface area contributed by atoms with Crippen molar-refractivity contribution in [2.45, 2.75) is 13.0 Å². The lowest BCUT2D eigenvalue weighted by Crippen LogP contribution is -1.84. The Bertz CT molecular complexity index is 503. The van der Waals surface area contributed by atoms with Crippen LogP contribution in [0.1, 0.15) is 22.6 Å². The van der Waals surface area contributed by atoms with E-state index < -0.39 is 0 Å². The molecule has 0 spiro atoms. The minimum atomic E-state index is -0.158. The van der Waals surface area contributed by atoms with E-state index in [0.717, 1.165) is 11.3 Å². The maximum Gasteiger partial charge on any atom is 0.145 e. The van der Waals surface area contributed by atoms with Gasteiger partial charge in [-0.05, 0) is 11.6 Å². The molecule has 0 amide bonds. The van der Waals surface area contributed by atoms with E-state index in [2.05, 4.69) is 5.92 Å². The molecule has 0 unspecified atom stereocenters. The van der Waals surface area contributed by atoms with Crippen molar-refractivity contribution in [1.82, 2.24) is 0 Å². The molecular weight excluding hydrogens is 200 g/mol. The Morgan fingerprint density at radius 1 is 1.25 bits per heavy atom. The molecule has 0 saturated heterocycles. The van der Waals surface area contributed by atoms with Gasteiger partial charge in [0, 0.05) is 6.42 Å². The average Bonchev–Trinajstić information content (AvgIpc) is 2.72. The van der Waals surface area contributed by atoms with Gasteiger partial charge in [-0.15, -0.1) is 6.42 Å². The molecule has 0 fully saturated rings. The second-order valence-electron chi connectivity index (χ2n) is 3.51. The third kappa shape index (κ3) is 2.16. The van der Waals surface area contributed by atoms with E-state index in [1.54, 1.807) is 6.07 Å². The molecule has 2 nitrogen and oxygen atoms in total. The average molecular weight is 212 g/mol. The number of hydrogen-bond donors (Lipinski definition) is 1. The lowest BCUT2D eigenvalue weighted by atomic mass is 10.1. The molecule has 1 aromatic heterocycles. The molecule has 1 N–H and O–H groups in total. The number of aliphatic hydroxyl groups is 1. The Morgan fingerprint density at radius 2 is 2.00 bits per heavy atom. The number of aliphatic hydroxyl groups excluding tert-OH is 1. The SMILES string of the molecule is C#Cc1cc(Cc2ccccc2)oc1CO. The molecule has 2 aromatic rings. The molecule has 0 aliphatic rings. The molecule has 2 rings (SSSR count). The van der Waals surface area contributed by atoms with E-state index in [9.17, 15) is 0 Å². The van der Waals surface area contributed by atoms with Crippen LogP contribution in [0.25, 0.3) is 0 Å². The second-order valence-corrected chi connectivity index (χ2v) is 3.51. The smallest absolute Gasteiger partial charge is 0.145 e. The molecule has 16 heavy (non-hydrogen) atoms. The van der Waals surface area contributed by atoms with Crippen LogP contribution in [-0.2, 0) is 13.0 Å². The summed E-state index contributed by atoms with van der Waals surface area (Å²) in [4.78, 5) is 0. The number of terminal acetylenes is 1. The Labute approximate surface area is 94.5 Å². The van der Waals surface area contributed by atoms with Crippen LogP contribution in [0.3, 0.4) is 0 Å². The lowest BCUT2D eigenvalue weighted by Gasteiger charge is -1.96. The first-order valence-corrected chi connectivity index (χ1v) is 5.06. The summed E-state index contributed by atoms with van der Waals surface area (Å²) in [6, 6.07) is 11.8. The Hall–Kier alpha value is -1.98. The maximum absolute atomic E-state index is 9.04. The van der Waals surface area contributed by atoms with Crippen LogP contribution in [0, 0.1) is 12.3 Å². The molecule has 0 saturated carbocycles. The molecular formula is C14H12O2. The van der Waals surface area contributed by atoms with Crippen LogP contribution in [-0.4, -0.2) is 5.11 Å². The van der Waals surface area contributed by atoms with E-state index >= 15 is 0 Å². The van der Waals surface area contributed by atoms with Gasteiger partial charge in [0.15, 0.2) is 0 Å². The van der Waals surface area contributed by atoms with E-state index in [4.69, 9.17) is 15.9 Å². The van der Waals surface area contributed by atoms with Gasteiger partial charge >= 0.3 is 0 Å². The van der Waals surface area contributed by atoms with Crippen LogP contribution < -0.4 is 0 Å². The largest absolute Gasteiger partial charge is 0.462 e. The van der Waals surface area contributed by atoms with Gasteiger partial charge in [-0.3, -0.25) is 0 Å². The van der Waals surface area contributed by atoms with Gasteiger partial charge in [0.1, 0.15) is 18.1 Å². The van der Waals surface area contributed by atoms with Crippen molar-refractivity contribution in [3.05, 3.63) is 59.0 Å². The first kappa shape index (κ1) is 10.5. The first-order chi connectivity index (χ1) is 7.83. The third-order valence-corrected chi connectivity index (χ3v) is 2.38. The zero-order valence-electron chi connectivity index (χ0n) is 8.81. The van der Waals surface area contributed by atoms with E-state index in [1.807, 2.05) is 30.3 Å². The highest BCUT2D eigenvalue weighted by molar-refractivity contribution is 5.37. The van der Waals surface area contributed by atoms with Crippen molar-refractivity contribution in [2.24, 2.45) is 0 Å². The summed E-state index contributed by atoms with van der Waals surface area (Å²) in [5.41, 5.74) is 1.79. The number of rotatable bonds is 3. The van der Waals surface area contributed by atoms with E-state index in [0.29, 0.717) is 17.7 Å².